The van der Waals surface area contributed by atoms with E-state index >= 15 is 0 Å². The minimum Gasteiger partial charge on any atom is -0.339 e. The molecule has 0 heterocycles. The Labute approximate surface area is 101 Å². The Bertz CT molecular complexity index is 370. The second kappa shape index (κ2) is 4.88. The number of hydrogen-bond acceptors (Lipinski definition) is 1. The second-order valence-electron chi connectivity index (χ2n) is 4.33. The number of amides is 1. The van der Waals surface area contributed by atoms with Crippen LogP contribution in [0, 0.1) is 0 Å². The van der Waals surface area contributed by atoms with Gasteiger partial charge in [-0.2, -0.15) is 0 Å². The molecule has 2 rings (SSSR count). The third-order valence-electron chi connectivity index (χ3n) is 3.30. The molecule has 0 spiro atoms. The van der Waals surface area contributed by atoms with Crippen molar-refractivity contribution in [1.29, 1.82) is 0 Å². The van der Waals surface area contributed by atoms with Crippen LogP contribution in [0.1, 0.15) is 35.2 Å². The molecule has 0 aromatic heterocycles. The topological polar surface area (TPSA) is 20.3 Å². The quantitative estimate of drug-likeness (QED) is 0.740. The maximum Gasteiger partial charge on any atom is 0.253 e. The minimum absolute atomic E-state index is 0.117. The number of hydrogen-bond donors (Lipinski definition) is 0. The average molecular weight is 238 g/mol. The van der Waals surface area contributed by atoms with Crippen LogP contribution in [0.15, 0.2) is 24.3 Å². The molecule has 2 nitrogen and oxygen atoms in total. The van der Waals surface area contributed by atoms with Gasteiger partial charge in [-0.3, -0.25) is 4.79 Å². The van der Waals surface area contributed by atoms with Crippen LogP contribution in [0.4, 0.5) is 0 Å². The predicted molar refractivity (Wildman–Crippen MR) is 65.7 cm³/mol. The molecular weight excluding hydrogens is 222 g/mol. The van der Waals surface area contributed by atoms with Gasteiger partial charge < -0.3 is 4.90 Å². The fourth-order valence-corrected chi connectivity index (χ4v) is 2.06. The third-order valence-corrected chi connectivity index (χ3v) is 3.61. The zero-order valence-corrected chi connectivity index (χ0v) is 10.2. The summed E-state index contributed by atoms with van der Waals surface area (Å²) < 4.78 is 0. The van der Waals surface area contributed by atoms with Crippen LogP contribution in [0.25, 0.3) is 0 Å². The summed E-state index contributed by atoms with van der Waals surface area (Å²) in [5.41, 5.74) is 1.80. The first kappa shape index (κ1) is 11.5. The van der Waals surface area contributed by atoms with Crippen molar-refractivity contribution in [2.45, 2.75) is 31.2 Å². The SMILES string of the molecule is CN(C(=O)c1ccc(CCl)cc1)C1CCC1. The van der Waals surface area contributed by atoms with Crippen molar-refractivity contribution in [3.63, 3.8) is 0 Å². The maximum atomic E-state index is 12.1. The summed E-state index contributed by atoms with van der Waals surface area (Å²) in [4.78, 5) is 13.9. The largest absolute Gasteiger partial charge is 0.339 e. The fourth-order valence-electron chi connectivity index (χ4n) is 1.88. The minimum atomic E-state index is 0.117. The Morgan fingerprint density at radius 1 is 1.38 bits per heavy atom. The van der Waals surface area contributed by atoms with E-state index in [1.54, 1.807) is 0 Å². The molecule has 1 aromatic carbocycles. The van der Waals surface area contributed by atoms with Gasteiger partial charge in [0.25, 0.3) is 5.91 Å². The second-order valence-corrected chi connectivity index (χ2v) is 4.60. The zero-order chi connectivity index (χ0) is 11.5. The van der Waals surface area contributed by atoms with Gasteiger partial charge in [-0.25, -0.2) is 0 Å². The zero-order valence-electron chi connectivity index (χ0n) is 9.45. The Balaban J connectivity index is 2.07. The lowest BCUT2D eigenvalue weighted by Gasteiger charge is -2.34. The molecule has 1 aromatic rings. The molecule has 1 aliphatic rings. The first-order chi connectivity index (χ1) is 7.72. The number of carbonyl (C=O) groups is 1. The molecule has 1 amide bonds. The van der Waals surface area contributed by atoms with E-state index in [0.29, 0.717) is 11.9 Å². The number of nitrogens with zero attached hydrogens (tertiary/aromatic N) is 1. The fraction of sp³-hybridized carbons (Fsp3) is 0.462. The van der Waals surface area contributed by atoms with Crippen LogP contribution < -0.4 is 0 Å². The summed E-state index contributed by atoms with van der Waals surface area (Å²) in [6, 6.07) is 7.98. The molecule has 0 N–H and O–H groups in total. The van der Waals surface area contributed by atoms with Gasteiger partial charge >= 0.3 is 0 Å². The van der Waals surface area contributed by atoms with Crippen molar-refractivity contribution < 1.29 is 4.79 Å². The number of halogens is 1. The molecule has 0 radical (unpaired) electrons. The first-order valence-electron chi connectivity index (χ1n) is 5.64. The Morgan fingerprint density at radius 3 is 2.44 bits per heavy atom. The molecule has 16 heavy (non-hydrogen) atoms. The van der Waals surface area contributed by atoms with Crippen molar-refractivity contribution in [1.82, 2.24) is 4.90 Å². The summed E-state index contributed by atoms with van der Waals surface area (Å²) in [7, 11) is 1.89. The van der Waals surface area contributed by atoms with E-state index in [0.717, 1.165) is 24.0 Å². The Hall–Kier alpha value is -1.02. The molecule has 1 saturated carbocycles. The van der Waals surface area contributed by atoms with Gasteiger partial charge in [0.1, 0.15) is 0 Å². The monoisotopic (exact) mass is 237 g/mol. The van der Waals surface area contributed by atoms with Gasteiger partial charge in [0, 0.05) is 24.5 Å². The van der Waals surface area contributed by atoms with E-state index in [1.807, 2.05) is 36.2 Å². The van der Waals surface area contributed by atoms with Crippen LogP contribution in [0.5, 0.6) is 0 Å². The molecular formula is C13H16ClNO. The number of carbonyl (C=O) groups excluding carboxylic acids is 1. The normalized spacial score (nSPS) is 15.6. The van der Waals surface area contributed by atoms with Crippen LogP contribution in [0.2, 0.25) is 0 Å². The van der Waals surface area contributed by atoms with E-state index in [4.69, 9.17) is 11.6 Å². The van der Waals surface area contributed by atoms with Gasteiger partial charge in [-0.15, -0.1) is 11.6 Å². The van der Waals surface area contributed by atoms with Crippen molar-refractivity contribution in [2.75, 3.05) is 7.05 Å². The van der Waals surface area contributed by atoms with Crippen LogP contribution in [0.3, 0.4) is 0 Å². The van der Waals surface area contributed by atoms with E-state index in [2.05, 4.69) is 0 Å². The van der Waals surface area contributed by atoms with Crippen molar-refractivity contribution in [3.8, 4) is 0 Å². The van der Waals surface area contributed by atoms with Crippen LogP contribution >= 0.6 is 11.6 Å². The van der Waals surface area contributed by atoms with E-state index in [9.17, 15) is 4.79 Å². The maximum absolute atomic E-state index is 12.1. The summed E-state index contributed by atoms with van der Waals surface area (Å²) in [6.45, 7) is 0. The summed E-state index contributed by atoms with van der Waals surface area (Å²) >= 11 is 5.71. The first-order valence-corrected chi connectivity index (χ1v) is 6.18. The molecule has 0 bridgehead atoms. The smallest absolute Gasteiger partial charge is 0.253 e. The molecule has 0 atom stereocenters. The van der Waals surface area contributed by atoms with Crippen LogP contribution in [-0.2, 0) is 5.88 Å². The molecule has 3 heteroatoms. The third kappa shape index (κ3) is 2.22. The predicted octanol–water partition coefficient (Wildman–Crippen LogP) is 3.05. The number of benzene rings is 1. The lowest BCUT2D eigenvalue weighted by Crippen LogP contribution is -2.41. The highest BCUT2D eigenvalue weighted by Crippen LogP contribution is 2.24. The number of rotatable bonds is 3. The van der Waals surface area contributed by atoms with Crippen molar-refractivity contribution >= 4 is 17.5 Å². The molecule has 0 aliphatic heterocycles. The van der Waals surface area contributed by atoms with E-state index in [-0.39, 0.29) is 5.91 Å². The van der Waals surface area contributed by atoms with Gasteiger partial charge in [0.2, 0.25) is 0 Å². The number of alkyl halides is 1. The summed E-state index contributed by atoms with van der Waals surface area (Å²) in [5.74, 6) is 0.609. The van der Waals surface area contributed by atoms with Crippen molar-refractivity contribution in [3.05, 3.63) is 35.4 Å². The van der Waals surface area contributed by atoms with Gasteiger partial charge in [0.05, 0.1) is 0 Å². The lowest BCUT2D eigenvalue weighted by molar-refractivity contribution is 0.0652. The average Bonchev–Trinajstić information content (AvgIpc) is 2.26. The Kier molecular flexibility index (Phi) is 3.49. The highest BCUT2D eigenvalue weighted by molar-refractivity contribution is 6.17. The lowest BCUT2D eigenvalue weighted by atomic mass is 9.91. The highest BCUT2D eigenvalue weighted by atomic mass is 35.5. The van der Waals surface area contributed by atoms with E-state index in [1.165, 1.54) is 6.42 Å². The molecule has 86 valence electrons. The van der Waals surface area contributed by atoms with Crippen LogP contribution in [-0.4, -0.2) is 23.9 Å². The summed E-state index contributed by atoms with van der Waals surface area (Å²) in [6.07, 6.45) is 3.53. The summed E-state index contributed by atoms with van der Waals surface area (Å²) in [5, 5.41) is 0. The molecule has 1 fully saturated rings. The van der Waals surface area contributed by atoms with Gasteiger partial charge in [-0.1, -0.05) is 12.1 Å². The van der Waals surface area contributed by atoms with E-state index < -0.39 is 0 Å². The molecule has 0 unspecified atom stereocenters. The van der Waals surface area contributed by atoms with Crippen molar-refractivity contribution in [2.24, 2.45) is 0 Å². The molecule has 1 aliphatic carbocycles. The van der Waals surface area contributed by atoms with Gasteiger partial charge in [-0.05, 0) is 37.0 Å². The Morgan fingerprint density at radius 2 is 2.00 bits per heavy atom. The van der Waals surface area contributed by atoms with Gasteiger partial charge in [0.15, 0.2) is 0 Å². The molecule has 0 saturated heterocycles. The highest BCUT2D eigenvalue weighted by Gasteiger charge is 2.26. The standard InChI is InChI=1S/C13H16ClNO/c1-15(12-3-2-4-12)13(16)11-7-5-10(9-14)6-8-11/h5-8,12H,2-4,9H2,1H3.